The lowest BCUT2D eigenvalue weighted by atomic mass is 10.1. The molecular weight excluding hydrogens is 296 g/mol. The van der Waals surface area contributed by atoms with Crippen LogP contribution < -0.4 is 10.0 Å². The number of unbranched alkanes of at least 4 members (excludes halogenated alkanes) is 1. The van der Waals surface area contributed by atoms with Crippen LogP contribution in [0.25, 0.3) is 10.6 Å². The van der Waals surface area contributed by atoms with E-state index in [1.54, 1.807) is 5.38 Å². The molecule has 1 heterocycles. The summed E-state index contributed by atoms with van der Waals surface area (Å²) in [5, 5.41) is 13.2. The number of aromatic nitrogens is 1. The molecule has 4 nitrogen and oxygen atoms in total. The standard InChI is InChI=1S/C17H22N2O2S/c1-3-5-10-19(4-2)11-13-8-6-7-9-14(13)16-18-15(12-22-16)17(20)21/h6-9,12H,3-5,10-11H2,1-2H3,(H,20,21). The van der Waals surface area contributed by atoms with E-state index in [1.807, 2.05) is 18.2 Å². The molecule has 0 fully saturated rings. The summed E-state index contributed by atoms with van der Waals surface area (Å²) in [5.74, 6) is -1.22. The summed E-state index contributed by atoms with van der Waals surface area (Å²) < 4.78 is 0. The minimum atomic E-state index is -1.22. The molecule has 0 saturated carbocycles. The van der Waals surface area contributed by atoms with Crippen LogP contribution in [-0.2, 0) is 6.54 Å². The van der Waals surface area contributed by atoms with Crippen LogP contribution in [0, 0.1) is 0 Å². The number of nitrogens with one attached hydrogen (secondary N) is 1. The molecule has 0 amide bonds. The van der Waals surface area contributed by atoms with Crippen molar-refractivity contribution in [2.45, 2.75) is 33.2 Å². The first kappa shape index (κ1) is 16.6. The van der Waals surface area contributed by atoms with Gasteiger partial charge in [0.1, 0.15) is 11.6 Å². The van der Waals surface area contributed by atoms with Crippen LogP contribution in [0.2, 0.25) is 0 Å². The molecule has 0 aliphatic heterocycles. The molecule has 0 spiro atoms. The number of rotatable bonds is 8. The first-order valence-electron chi connectivity index (χ1n) is 7.74. The molecule has 0 aliphatic rings. The van der Waals surface area contributed by atoms with Gasteiger partial charge in [-0.05, 0) is 13.3 Å². The molecule has 1 aromatic heterocycles. The van der Waals surface area contributed by atoms with Gasteiger partial charge in [-0.1, -0.05) is 37.6 Å². The van der Waals surface area contributed by atoms with Crippen molar-refractivity contribution in [1.29, 1.82) is 0 Å². The van der Waals surface area contributed by atoms with Crippen molar-refractivity contribution in [2.75, 3.05) is 13.1 Å². The maximum Gasteiger partial charge on any atom is 0.124 e. The molecule has 22 heavy (non-hydrogen) atoms. The Bertz CT molecular complexity index is 625. The van der Waals surface area contributed by atoms with Gasteiger partial charge >= 0.3 is 0 Å². The molecular formula is C17H22N2O2S. The maximum atomic E-state index is 10.9. The Balaban J connectivity index is 2.23. The van der Waals surface area contributed by atoms with E-state index >= 15 is 0 Å². The van der Waals surface area contributed by atoms with E-state index in [0.717, 1.165) is 30.2 Å². The number of carboxylic acid groups (broad SMARTS) is 1. The first-order valence-corrected chi connectivity index (χ1v) is 8.62. The average molecular weight is 318 g/mol. The first-order chi connectivity index (χ1) is 10.7. The highest BCUT2D eigenvalue weighted by Gasteiger charge is 2.14. The van der Waals surface area contributed by atoms with Crippen LogP contribution in [0.3, 0.4) is 0 Å². The minimum Gasteiger partial charge on any atom is -0.543 e. The van der Waals surface area contributed by atoms with Crippen LogP contribution in [0.15, 0.2) is 29.6 Å². The summed E-state index contributed by atoms with van der Waals surface area (Å²) in [4.78, 5) is 16.6. The zero-order valence-electron chi connectivity index (χ0n) is 13.1. The van der Waals surface area contributed by atoms with Crippen LogP contribution >= 0.6 is 11.3 Å². The second-order valence-corrected chi connectivity index (χ2v) is 6.22. The monoisotopic (exact) mass is 318 g/mol. The molecule has 1 aromatic carbocycles. The van der Waals surface area contributed by atoms with Gasteiger partial charge in [-0.15, -0.1) is 11.3 Å². The van der Waals surface area contributed by atoms with E-state index < -0.39 is 5.97 Å². The second kappa shape index (κ2) is 8.06. The Morgan fingerprint density at radius 2 is 2.09 bits per heavy atom. The SMILES string of the molecule is CCCC[NH+](CC)Cc1ccccc1-c1nc(C(=O)[O-])cs1. The molecule has 0 radical (unpaired) electrons. The summed E-state index contributed by atoms with van der Waals surface area (Å²) >= 11 is 1.36. The van der Waals surface area contributed by atoms with Crippen LogP contribution in [-0.4, -0.2) is 24.0 Å². The Morgan fingerprint density at radius 3 is 2.73 bits per heavy atom. The van der Waals surface area contributed by atoms with E-state index in [4.69, 9.17) is 0 Å². The Morgan fingerprint density at radius 1 is 1.32 bits per heavy atom. The molecule has 0 bridgehead atoms. The number of quaternary nitrogens is 1. The third-order valence-electron chi connectivity index (χ3n) is 3.79. The summed E-state index contributed by atoms with van der Waals surface area (Å²) in [5.41, 5.74) is 2.26. The molecule has 2 rings (SSSR count). The van der Waals surface area contributed by atoms with Gasteiger partial charge in [0, 0.05) is 16.5 Å². The summed E-state index contributed by atoms with van der Waals surface area (Å²) in [6, 6.07) is 8.12. The van der Waals surface area contributed by atoms with Crippen LogP contribution in [0.5, 0.6) is 0 Å². The number of carboxylic acids is 1. The Kier molecular flexibility index (Phi) is 6.10. The van der Waals surface area contributed by atoms with Gasteiger partial charge in [0.2, 0.25) is 0 Å². The number of hydrogen-bond acceptors (Lipinski definition) is 4. The predicted octanol–water partition coefficient (Wildman–Crippen LogP) is 1.38. The lowest BCUT2D eigenvalue weighted by molar-refractivity contribution is -0.912. The molecule has 1 N–H and O–H groups in total. The summed E-state index contributed by atoms with van der Waals surface area (Å²) in [6.07, 6.45) is 2.42. The lowest BCUT2D eigenvalue weighted by Gasteiger charge is -2.18. The van der Waals surface area contributed by atoms with Crippen molar-refractivity contribution in [3.05, 3.63) is 40.9 Å². The molecule has 0 saturated heterocycles. The fraction of sp³-hybridized carbons (Fsp3) is 0.412. The highest BCUT2D eigenvalue weighted by Crippen LogP contribution is 2.26. The number of benzene rings is 1. The molecule has 5 heteroatoms. The summed E-state index contributed by atoms with van der Waals surface area (Å²) in [7, 11) is 0. The Hall–Kier alpha value is -1.72. The molecule has 118 valence electrons. The van der Waals surface area contributed by atoms with Crippen molar-refractivity contribution in [3.63, 3.8) is 0 Å². The van der Waals surface area contributed by atoms with Crippen molar-refractivity contribution in [2.24, 2.45) is 0 Å². The highest BCUT2D eigenvalue weighted by atomic mass is 32.1. The number of carbonyl (C=O) groups excluding carboxylic acids is 1. The quantitative estimate of drug-likeness (QED) is 0.800. The summed E-state index contributed by atoms with van der Waals surface area (Å²) in [6.45, 7) is 7.58. The largest absolute Gasteiger partial charge is 0.543 e. The van der Waals surface area contributed by atoms with E-state index in [0.29, 0.717) is 0 Å². The smallest absolute Gasteiger partial charge is 0.124 e. The van der Waals surface area contributed by atoms with Gasteiger partial charge in [-0.3, -0.25) is 0 Å². The van der Waals surface area contributed by atoms with E-state index in [-0.39, 0.29) is 5.69 Å². The van der Waals surface area contributed by atoms with E-state index in [1.165, 1.54) is 34.6 Å². The normalized spacial score (nSPS) is 12.3. The zero-order chi connectivity index (χ0) is 15.9. The van der Waals surface area contributed by atoms with Crippen molar-refractivity contribution < 1.29 is 14.8 Å². The molecule has 1 atom stereocenters. The second-order valence-electron chi connectivity index (χ2n) is 5.37. The van der Waals surface area contributed by atoms with Crippen molar-refractivity contribution >= 4 is 17.3 Å². The molecule has 1 unspecified atom stereocenters. The average Bonchev–Trinajstić information content (AvgIpc) is 3.02. The third-order valence-corrected chi connectivity index (χ3v) is 4.66. The molecule has 0 aliphatic carbocycles. The minimum absolute atomic E-state index is 0.0143. The fourth-order valence-corrected chi connectivity index (χ4v) is 3.31. The van der Waals surface area contributed by atoms with Crippen LogP contribution in [0.1, 0.15) is 42.7 Å². The van der Waals surface area contributed by atoms with Gasteiger partial charge in [-0.2, -0.15) is 0 Å². The van der Waals surface area contributed by atoms with Gasteiger partial charge in [-0.25, -0.2) is 4.98 Å². The Labute approximate surface area is 135 Å². The highest BCUT2D eigenvalue weighted by molar-refractivity contribution is 7.13. The third kappa shape index (κ3) is 4.15. The van der Waals surface area contributed by atoms with Crippen molar-refractivity contribution in [3.8, 4) is 10.6 Å². The molecule has 2 aromatic rings. The number of aromatic carboxylic acids is 1. The topological polar surface area (TPSA) is 57.5 Å². The van der Waals surface area contributed by atoms with Gasteiger partial charge in [0.15, 0.2) is 0 Å². The van der Waals surface area contributed by atoms with Crippen molar-refractivity contribution in [1.82, 2.24) is 4.98 Å². The number of nitrogens with zero attached hydrogens (tertiary/aromatic N) is 1. The van der Waals surface area contributed by atoms with E-state index in [9.17, 15) is 9.90 Å². The van der Waals surface area contributed by atoms with E-state index in [2.05, 4.69) is 24.9 Å². The number of carbonyl (C=O) groups is 1. The number of thiazole rings is 1. The lowest BCUT2D eigenvalue weighted by Crippen LogP contribution is -3.10. The zero-order valence-corrected chi connectivity index (χ0v) is 13.9. The fourth-order valence-electron chi connectivity index (χ4n) is 2.46. The van der Waals surface area contributed by atoms with Gasteiger partial charge in [0.05, 0.1) is 24.8 Å². The van der Waals surface area contributed by atoms with Crippen LogP contribution in [0.4, 0.5) is 0 Å². The predicted molar refractivity (Wildman–Crippen MR) is 86.9 cm³/mol. The maximum absolute atomic E-state index is 10.9. The van der Waals surface area contributed by atoms with Gasteiger partial charge in [0.25, 0.3) is 0 Å². The number of hydrogen-bond donors (Lipinski definition) is 1. The van der Waals surface area contributed by atoms with Gasteiger partial charge < -0.3 is 14.8 Å².